The molecule has 2 aromatic carbocycles. The van der Waals surface area contributed by atoms with Crippen molar-refractivity contribution in [3.05, 3.63) is 42.5 Å². The molecule has 4 amide bonds. The van der Waals surface area contributed by atoms with Gasteiger partial charge in [0.1, 0.15) is 5.69 Å². The summed E-state index contributed by atoms with van der Waals surface area (Å²) in [6, 6.07) is 11.0. The quantitative estimate of drug-likeness (QED) is 0.294. The number of hydrogen-bond acceptors (Lipinski definition) is 7. The highest BCUT2D eigenvalue weighted by atomic mass is 16.2. The normalized spacial score (nSPS) is 10.5. The van der Waals surface area contributed by atoms with Crippen LogP contribution < -0.4 is 33.2 Å². The number of fused-ring (bicyclic) bond motifs is 1. The predicted octanol–water partition coefficient (Wildman–Crippen LogP) is 0.209. The van der Waals surface area contributed by atoms with Gasteiger partial charge < -0.3 is 11.5 Å². The van der Waals surface area contributed by atoms with Crippen molar-refractivity contribution >= 4 is 34.6 Å². The molecule has 0 saturated carbocycles. The molecule has 0 bridgehead atoms. The molecule has 1 heterocycles. The van der Waals surface area contributed by atoms with Crippen molar-refractivity contribution in [3.8, 4) is 11.3 Å². The first-order chi connectivity index (χ1) is 12.4. The Morgan fingerprint density at radius 2 is 1.50 bits per heavy atom. The highest BCUT2D eigenvalue weighted by Gasteiger charge is 2.23. The number of carbonyl (C=O) groups is 2. The minimum Gasteiger partial charge on any atom is -0.350 e. The number of urea groups is 2. The summed E-state index contributed by atoms with van der Waals surface area (Å²) in [6.45, 7) is 0. The Bertz CT molecular complexity index is 1000. The van der Waals surface area contributed by atoms with E-state index in [-0.39, 0.29) is 17.5 Å². The first-order valence-corrected chi connectivity index (χ1v) is 7.31. The van der Waals surface area contributed by atoms with E-state index in [1.54, 1.807) is 12.1 Å². The summed E-state index contributed by atoms with van der Waals surface area (Å²) >= 11 is 0. The molecule has 3 rings (SSSR count). The van der Waals surface area contributed by atoms with Gasteiger partial charge in [0.15, 0.2) is 5.82 Å². The first-order valence-electron chi connectivity index (χ1n) is 7.31. The van der Waals surface area contributed by atoms with Gasteiger partial charge in [0, 0.05) is 5.56 Å². The number of benzene rings is 2. The van der Waals surface area contributed by atoms with E-state index in [1.165, 1.54) is 0 Å². The molecule has 0 aliphatic rings. The molecular formula is C15H15N9O2. The highest BCUT2D eigenvalue weighted by molar-refractivity contribution is 6.00. The number of hydrogen-bond donors (Lipinski definition) is 4. The number of carbonyl (C=O) groups excluding carboxylic acids is 2. The van der Waals surface area contributed by atoms with E-state index in [0.717, 1.165) is 10.8 Å². The van der Waals surface area contributed by atoms with Crippen LogP contribution in [0.25, 0.3) is 22.0 Å². The lowest BCUT2D eigenvalue weighted by atomic mass is 10.0. The fourth-order valence-corrected chi connectivity index (χ4v) is 2.39. The number of nitrogens with zero attached hydrogens (tertiary/aromatic N) is 5. The maximum absolute atomic E-state index is 11.6. The summed E-state index contributed by atoms with van der Waals surface area (Å²) in [5, 5.41) is 10.6. The zero-order valence-corrected chi connectivity index (χ0v) is 13.4. The van der Waals surface area contributed by atoms with Crippen LogP contribution in [0.1, 0.15) is 0 Å². The van der Waals surface area contributed by atoms with Crippen molar-refractivity contribution in [2.24, 2.45) is 23.2 Å². The van der Waals surface area contributed by atoms with Gasteiger partial charge >= 0.3 is 12.1 Å². The number of amides is 4. The van der Waals surface area contributed by atoms with Crippen molar-refractivity contribution in [2.75, 3.05) is 10.0 Å². The average molecular weight is 353 g/mol. The maximum Gasteiger partial charge on any atom is 0.336 e. The van der Waals surface area contributed by atoms with E-state index in [4.69, 9.17) is 23.2 Å². The molecule has 1 aromatic heterocycles. The molecule has 0 unspecified atom stereocenters. The summed E-state index contributed by atoms with van der Waals surface area (Å²) in [5.74, 6) is 10.7. The molecular weight excluding hydrogens is 338 g/mol. The van der Waals surface area contributed by atoms with Gasteiger partial charge in [0.2, 0.25) is 0 Å². The molecule has 0 atom stereocenters. The third-order valence-corrected chi connectivity index (χ3v) is 3.62. The van der Waals surface area contributed by atoms with Crippen LogP contribution in [-0.4, -0.2) is 27.2 Å². The summed E-state index contributed by atoms with van der Waals surface area (Å²) < 4.78 is 0. The molecule has 0 spiro atoms. The van der Waals surface area contributed by atoms with E-state index in [1.807, 2.05) is 30.3 Å². The molecule has 3 aromatic rings. The van der Waals surface area contributed by atoms with Crippen molar-refractivity contribution in [1.82, 2.24) is 15.2 Å². The van der Waals surface area contributed by atoms with Crippen LogP contribution in [0.5, 0.6) is 0 Å². The molecule has 11 heteroatoms. The number of primary amides is 2. The predicted molar refractivity (Wildman–Crippen MR) is 95.3 cm³/mol. The third kappa shape index (κ3) is 2.94. The van der Waals surface area contributed by atoms with E-state index in [9.17, 15) is 9.59 Å². The van der Waals surface area contributed by atoms with E-state index in [0.29, 0.717) is 15.6 Å². The Kier molecular flexibility index (Phi) is 4.31. The summed E-state index contributed by atoms with van der Waals surface area (Å²) in [7, 11) is 0. The second-order valence-electron chi connectivity index (χ2n) is 5.23. The fourth-order valence-electron chi connectivity index (χ4n) is 2.39. The van der Waals surface area contributed by atoms with E-state index < -0.39 is 12.1 Å². The minimum atomic E-state index is -1.02. The van der Waals surface area contributed by atoms with Crippen LogP contribution in [0.2, 0.25) is 0 Å². The van der Waals surface area contributed by atoms with Crippen molar-refractivity contribution < 1.29 is 9.59 Å². The fraction of sp³-hybridized carbons (Fsp3) is 0. The summed E-state index contributed by atoms with van der Waals surface area (Å²) in [4.78, 5) is 26.8. The van der Waals surface area contributed by atoms with Gasteiger partial charge in [-0.1, -0.05) is 42.5 Å². The molecule has 0 saturated heterocycles. The molecule has 132 valence electrons. The van der Waals surface area contributed by atoms with Gasteiger partial charge in [0.25, 0.3) is 5.95 Å². The third-order valence-electron chi connectivity index (χ3n) is 3.62. The first kappa shape index (κ1) is 17.0. The van der Waals surface area contributed by atoms with Crippen LogP contribution in [-0.2, 0) is 0 Å². The Labute approximate surface area is 147 Å². The Balaban J connectivity index is 2.26. The van der Waals surface area contributed by atoms with Gasteiger partial charge in [-0.3, -0.25) is 0 Å². The average Bonchev–Trinajstić information content (AvgIpc) is 2.65. The zero-order chi connectivity index (χ0) is 18.8. The molecule has 0 fully saturated rings. The van der Waals surface area contributed by atoms with Crippen molar-refractivity contribution in [1.29, 1.82) is 0 Å². The van der Waals surface area contributed by atoms with Crippen LogP contribution in [0.4, 0.5) is 21.4 Å². The van der Waals surface area contributed by atoms with Gasteiger partial charge in [-0.2, -0.15) is 9.99 Å². The number of aromatic nitrogens is 3. The molecule has 0 aliphatic carbocycles. The van der Waals surface area contributed by atoms with Crippen LogP contribution in [0.3, 0.4) is 0 Å². The SMILES string of the molecule is NC(=O)N(N)c1nnc(-c2cccc3ccccc23)c(N(N)C(N)=O)n1. The molecule has 0 aliphatic heterocycles. The number of rotatable bonds is 3. The van der Waals surface area contributed by atoms with Crippen molar-refractivity contribution in [2.45, 2.75) is 0 Å². The standard InChI is InChI=1S/C15H15N9O2/c16-13(25)23(18)12-11(21-22-15(20-12)24(19)14(17)26)10-7-3-5-8-4-1-2-6-9(8)10/h1-7H,18-19H2,(H2,16,25)(H2,17,26). The lowest BCUT2D eigenvalue weighted by molar-refractivity contribution is 0.253. The zero-order valence-electron chi connectivity index (χ0n) is 13.4. The van der Waals surface area contributed by atoms with Crippen LogP contribution in [0, 0.1) is 0 Å². The number of nitrogens with two attached hydrogens (primary N) is 4. The maximum atomic E-state index is 11.6. The molecule has 26 heavy (non-hydrogen) atoms. The highest BCUT2D eigenvalue weighted by Crippen LogP contribution is 2.32. The Hall–Kier alpha value is -3.83. The van der Waals surface area contributed by atoms with Crippen molar-refractivity contribution in [3.63, 3.8) is 0 Å². The van der Waals surface area contributed by atoms with Gasteiger partial charge in [-0.25, -0.2) is 26.3 Å². The monoisotopic (exact) mass is 353 g/mol. The van der Waals surface area contributed by atoms with Gasteiger partial charge in [-0.15, -0.1) is 10.2 Å². The smallest absolute Gasteiger partial charge is 0.336 e. The summed E-state index contributed by atoms with van der Waals surface area (Å²) in [6.07, 6.45) is 0. The Morgan fingerprint density at radius 1 is 0.846 bits per heavy atom. The molecule has 11 nitrogen and oxygen atoms in total. The minimum absolute atomic E-state index is 0.129. The second kappa shape index (κ2) is 6.58. The Morgan fingerprint density at radius 3 is 2.19 bits per heavy atom. The van der Waals surface area contributed by atoms with Crippen LogP contribution in [0.15, 0.2) is 42.5 Å². The lowest BCUT2D eigenvalue weighted by Crippen LogP contribution is -2.45. The van der Waals surface area contributed by atoms with Crippen LogP contribution >= 0.6 is 0 Å². The lowest BCUT2D eigenvalue weighted by Gasteiger charge is -2.19. The van der Waals surface area contributed by atoms with Gasteiger partial charge in [0.05, 0.1) is 0 Å². The largest absolute Gasteiger partial charge is 0.350 e. The van der Waals surface area contributed by atoms with Gasteiger partial charge in [-0.05, 0) is 10.8 Å². The van der Waals surface area contributed by atoms with E-state index in [2.05, 4.69) is 15.2 Å². The number of hydrazine groups is 2. The molecule has 8 N–H and O–H groups in total. The topological polar surface area (TPSA) is 183 Å². The number of anilines is 2. The molecule has 0 radical (unpaired) electrons. The van der Waals surface area contributed by atoms with E-state index >= 15 is 0 Å². The summed E-state index contributed by atoms with van der Waals surface area (Å²) in [5.41, 5.74) is 11.1. The second-order valence-corrected chi connectivity index (χ2v) is 5.23.